The van der Waals surface area contributed by atoms with Crippen molar-refractivity contribution >= 4 is 23.5 Å². The second-order valence-corrected chi connectivity index (χ2v) is 6.73. The molecule has 21 heavy (non-hydrogen) atoms. The third kappa shape index (κ3) is 2.68. The van der Waals surface area contributed by atoms with E-state index >= 15 is 0 Å². The average molecular weight is 306 g/mol. The topological polar surface area (TPSA) is 55.4 Å². The molecule has 2 aliphatic rings. The van der Waals surface area contributed by atoms with Crippen LogP contribution in [-0.2, 0) is 9.53 Å². The van der Waals surface area contributed by atoms with Crippen LogP contribution in [0.4, 0.5) is 4.79 Å². The minimum atomic E-state index is -0.515. The molecule has 3 rings (SSSR count). The van der Waals surface area contributed by atoms with Crippen molar-refractivity contribution in [1.29, 1.82) is 0 Å². The minimum Gasteiger partial charge on any atom is -0.414 e. The molecule has 0 fully saturated rings. The summed E-state index contributed by atoms with van der Waals surface area (Å²) < 4.78 is 5.25. The molecule has 0 bridgehead atoms. The first-order valence-corrected chi connectivity index (χ1v) is 7.24. The van der Waals surface area contributed by atoms with Gasteiger partial charge in [-0.05, 0) is 23.1 Å². The molecule has 1 aromatic rings. The SMILES string of the molecule is CC1(C)CC(=O)C2=C(C1)OC(=O)NC2c1ccc(Cl)cc1. The number of allylic oxidation sites excluding steroid dienone is 1. The molecule has 1 atom stereocenters. The van der Waals surface area contributed by atoms with Crippen LogP contribution < -0.4 is 5.32 Å². The van der Waals surface area contributed by atoms with Crippen LogP contribution in [0, 0.1) is 5.41 Å². The molecule has 1 aliphatic carbocycles. The van der Waals surface area contributed by atoms with Crippen LogP contribution >= 0.6 is 11.6 Å². The number of nitrogens with one attached hydrogen (secondary N) is 1. The van der Waals surface area contributed by atoms with E-state index in [2.05, 4.69) is 5.32 Å². The van der Waals surface area contributed by atoms with Crippen LogP contribution in [0.5, 0.6) is 0 Å². The zero-order valence-corrected chi connectivity index (χ0v) is 12.7. The summed E-state index contributed by atoms with van der Waals surface area (Å²) in [5.41, 5.74) is 1.21. The van der Waals surface area contributed by atoms with Crippen LogP contribution in [0.2, 0.25) is 5.02 Å². The Kier molecular flexibility index (Phi) is 3.29. The number of alkyl carbamates (subject to hydrolysis) is 1. The fourth-order valence-electron chi connectivity index (χ4n) is 2.93. The molecule has 1 aliphatic heterocycles. The summed E-state index contributed by atoms with van der Waals surface area (Å²) in [7, 11) is 0. The number of benzene rings is 1. The maximum atomic E-state index is 12.5. The third-order valence-electron chi connectivity index (χ3n) is 3.85. The van der Waals surface area contributed by atoms with E-state index in [4.69, 9.17) is 16.3 Å². The summed E-state index contributed by atoms with van der Waals surface area (Å²) in [6, 6.07) is 6.67. The molecular weight excluding hydrogens is 290 g/mol. The Morgan fingerprint density at radius 3 is 2.52 bits per heavy atom. The van der Waals surface area contributed by atoms with Crippen LogP contribution in [0.1, 0.15) is 38.3 Å². The first kappa shape index (κ1) is 14.1. The lowest BCUT2D eigenvalue weighted by atomic mass is 9.74. The number of hydrogen-bond acceptors (Lipinski definition) is 3. The normalized spacial score (nSPS) is 24.2. The minimum absolute atomic E-state index is 0.0289. The van der Waals surface area contributed by atoms with Gasteiger partial charge in [0.05, 0.1) is 11.6 Å². The zero-order chi connectivity index (χ0) is 15.2. The molecule has 0 radical (unpaired) electrons. The highest BCUT2D eigenvalue weighted by Crippen LogP contribution is 2.43. The average Bonchev–Trinajstić information content (AvgIpc) is 2.36. The summed E-state index contributed by atoms with van der Waals surface area (Å²) in [4.78, 5) is 24.3. The van der Waals surface area contributed by atoms with E-state index in [-0.39, 0.29) is 11.2 Å². The first-order valence-electron chi connectivity index (χ1n) is 6.86. The summed E-state index contributed by atoms with van der Waals surface area (Å²) in [6.45, 7) is 4.00. The van der Waals surface area contributed by atoms with E-state index in [1.807, 2.05) is 26.0 Å². The molecule has 0 aromatic heterocycles. The highest BCUT2D eigenvalue weighted by Gasteiger charge is 2.41. The van der Waals surface area contributed by atoms with Gasteiger partial charge < -0.3 is 10.1 Å². The Hall–Kier alpha value is -1.81. The molecule has 1 heterocycles. The standard InChI is InChI=1S/C16H16ClNO3/c1-16(2)7-11(19)13-12(8-16)21-15(20)18-14(13)9-3-5-10(17)6-4-9/h3-6,14H,7-8H2,1-2H3,(H,18,20). The number of halogens is 1. The van der Waals surface area contributed by atoms with E-state index in [1.165, 1.54) is 0 Å². The van der Waals surface area contributed by atoms with Gasteiger partial charge in [-0.1, -0.05) is 37.6 Å². The molecule has 1 unspecified atom stereocenters. The first-order chi connectivity index (χ1) is 9.85. The van der Waals surface area contributed by atoms with Crippen molar-refractivity contribution in [3.05, 3.63) is 46.2 Å². The quantitative estimate of drug-likeness (QED) is 0.859. The van der Waals surface area contributed by atoms with Crippen molar-refractivity contribution < 1.29 is 14.3 Å². The molecular formula is C16H16ClNO3. The number of ether oxygens (including phenoxy) is 1. The summed E-state index contributed by atoms with van der Waals surface area (Å²) in [5, 5.41) is 3.34. The van der Waals surface area contributed by atoms with Gasteiger partial charge in [-0.25, -0.2) is 4.79 Å². The number of carbonyl (C=O) groups excluding carboxylic acids is 2. The van der Waals surface area contributed by atoms with Crippen molar-refractivity contribution in [2.45, 2.75) is 32.7 Å². The van der Waals surface area contributed by atoms with E-state index in [9.17, 15) is 9.59 Å². The number of ketones is 1. The smallest absolute Gasteiger partial charge is 0.413 e. The molecule has 1 amide bonds. The number of rotatable bonds is 1. The summed E-state index contributed by atoms with van der Waals surface area (Å²) in [5.74, 6) is 0.529. The zero-order valence-electron chi connectivity index (χ0n) is 11.9. The highest BCUT2D eigenvalue weighted by atomic mass is 35.5. The van der Waals surface area contributed by atoms with Crippen molar-refractivity contribution in [3.8, 4) is 0 Å². The molecule has 0 saturated carbocycles. The maximum Gasteiger partial charge on any atom is 0.413 e. The maximum absolute atomic E-state index is 12.5. The van der Waals surface area contributed by atoms with Gasteiger partial charge in [0.2, 0.25) is 0 Å². The van der Waals surface area contributed by atoms with Crippen molar-refractivity contribution in [3.63, 3.8) is 0 Å². The van der Waals surface area contributed by atoms with E-state index in [0.29, 0.717) is 29.2 Å². The largest absolute Gasteiger partial charge is 0.414 e. The van der Waals surface area contributed by atoms with Crippen LogP contribution in [0.15, 0.2) is 35.6 Å². The summed E-state index contributed by atoms with van der Waals surface area (Å²) in [6.07, 6.45) is 0.528. The fraction of sp³-hybridized carbons (Fsp3) is 0.375. The molecule has 5 heteroatoms. The van der Waals surface area contributed by atoms with E-state index < -0.39 is 12.1 Å². The van der Waals surface area contributed by atoms with Gasteiger partial charge in [-0.2, -0.15) is 0 Å². The number of amides is 1. The van der Waals surface area contributed by atoms with E-state index in [1.54, 1.807) is 12.1 Å². The Labute approximate surface area is 128 Å². The predicted molar refractivity (Wildman–Crippen MR) is 78.9 cm³/mol. The fourth-order valence-corrected chi connectivity index (χ4v) is 3.05. The molecule has 1 aromatic carbocycles. The lowest BCUT2D eigenvalue weighted by Crippen LogP contribution is -2.41. The van der Waals surface area contributed by atoms with Gasteiger partial charge >= 0.3 is 6.09 Å². The predicted octanol–water partition coefficient (Wildman–Crippen LogP) is 3.76. The Balaban J connectivity index is 2.06. The highest BCUT2D eigenvalue weighted by molar-refractivity contribution is 6.30. The van der Waals surface area contributed by atoms with Crippen molar-refractivity contribution in [1.82, 2.24) is 5.32 Å². The lowest BCUT2D eigenvalue weighted by Gasteiger charge is -2.37. The Morgan fingerprint density at radius 2 is 1.86 bits per heavy atom. The Bertz CT molecular complexity index is 646. The number of carbonyl (C=O) groups is 2. The number of hydrogen-bond donors (Lipinski definition) is 1. The summed E-state index contributed by atoms with van der Waals surface area (Å²) >= 11 is 5.89. The van der Waals surface area contributed by atoms with Crippen LogP contribution in [0.3, 0.4) is 0 Å². The van der Waals surface area contributed by atoms with Gasteiger partial charge in [0.1, 0.15) is 5.76 Å². The van der Waals surface area contributed by atoms with Gasteiger partial charge in [-0.3, -0.25) is 4.79 Å². The van der Waals surface area contributed by atoms with Crippen LogP contribution in [-0.4, -0.2) is 11.9 Å². The van der Waals surface area contributed by atoms with E-state index in [0.717, 1.165) is 5.56 Å². The second kappa shape index (κ2) is 4.88. The van der Waals surface area contributed by atoms with Crippen molar-refractivity contribution in [2.75, 3.05) is 0 Å². The third-order valence-corrected chi connectivity index (χ3v) is 4.10. The molecule has 110 valence electrons. The molecule has 4 nitrogen and oxygen atoms in total. The molecule has 0 spiro atoms. The van der Waals surface area contributed by atoms with Gasteiger partial charge in [0.25, 0.3) is 0 Å². The van der Waals surface area contributed by atoms with Gasteiger partial charge in [-0.15, -0.1) is 0 Å². The lowest BCUT2D eigenvalue weighted by molar-refractivity contribution is -0.119. The van der Waals surface area contributed by atoms with Crippen LogP contribution in [0.25, 0.3) is 0 Å². The number of Topliss-reactive ketones (excluding diaryl/α,β-unsaturated/α-hetero) is 1. The van der Waals surface area contributed by atoms with Gasteiger partial charge in [0.15, 0.2) is 5.78 Å². The molecule has 0 saturated heterocycles. The molecule has 1 N–H and O–H groups in total. The van der Waals surface area contributed by atoms with Gasteiger partial charge in [0, 0.05) is 17.9 Å². The Morgan fingerprint density at radius 1 is 1.19 bits per heavy atom. The van der Waals surface area contributed by atoms with Crippen molar-refractivity contribution in [2.24, 2.45) is 5.41 Å². The monoisotopic (exact) mass is 305 g/mol. The second-order valence-electron chi connectivity index (χ2n) is 6.30.